The van der Waals surface area contributed by atoms with Gasteiger partial charge in [0.25, 0.3) is 5.22 Å². The number of hydrogen-bond acceptors (Lipinski definition) is 7. The summed E-state index contributed by atoms with van der Waals surface area (Å²) in [5.74, 6) is 0.490. The van der Waals surface area contributed by atoms with E-state index in [4.69, 9.17) is 4.42 Å². The smallest absolute Gasteiger partial charge is 0.277 e. The Labute approximate surface area is 191 Å². The highest BCUT2D eigenvalue weighted by Gasteiger charge is 2.30. The second kappa shape index (κ2) is 9.43. The average Bonchev–Trinajstić information content (AvgIpc) is 3.27. The van der Waals surface area contributed by atoms with Gasteiger partial charge in [-0.2, -0.15) is 4.31 Å². The largest absolute Gasteiger partial charge is 0.411 e. The van der Waals surface area contributed by atoms with E-state index in [-0.39, 0.29) is 29.6 Å². The molecule has 2 heterocycles. The topological polar surface area (TPSA) is 96.6 Å². The Hall–Kier alpha value is -2.69. The molecule has 168 valence electrons. The van der Waals surface area contributed by atoms with E-state index in [1.165, 1.54) is 16.1 Å². The zero-order valence-electron chi connectivity index (χ0n) is 17.9. The lowest BCUT2D eigenvalue weighted by atomic mass is 10.1. The fourth-order valence-electron chi connectivity index (χ4n) is 3.62. The van der Waals surface area contributed by atoms with E-state index >= 15 is 0 Å². The van der Waals surface area contributed by atoms with Gasteiger partial charge in [0.15, 0.2) is 0 Å². The summed E-state index contributed by atoms with van der Waals surface area (Å²) in [5.41, 5.74) is 3.07. The third-order valence-electron chi connectivity index (χ3n) is 5.17. The van der Waals surface area contributed by atoms with Crippen molar-refractivity contribution in [3.8, 4) is 11.5 Å². The monoisotopic (exact) mass is 472 g/mol. The van der Waals surface area contributed by atoms with Gasteiger partial charge in [-0.25, -0.2) is 8.42 Å². The van der Waals surface area contributed by atoms with Gasteiger partial charge >= 0.3 is 0 Å². The SMILES string of the molecule is Cc1cc(C)cc(-c2nnc(SCC(=O)N3CCN(S(=O)(=O)c4ccccc4)CC3)o2)c1. The number of amides is 1. The normalized spacial score (nSPS) is 15.1. The van der Waals surface area contributed by atoms with Crippen LogP contribution in [0.1, 0.15) is 11.1 Å². The van der Waals surface area contributed by atoms with Gasteiger partial charge in [-0.05, 0) is 38.1 Å². The van der Waals surface area contributed by atoms with Gasteiger partial charge in [0.2, 0.25) is 21.8 Å². The van der Waals surface area contributed by atoms with Crippen molar-refractivity contribution in [1.29, 1.82) is 0 Å². The van der Waals surface area contributed by atoms with Crippen LogP contribution in [0.25, 0.3) is 11.5 Å². The van der Waals surface area contributed by atoms with Crippen LogP contribution in [0.4, 0.5) is 0 Å². The molecule has 4 rings (SSSR count). The summed E-state index contributed by atoms with van der Waals surface area (Å²) in [6.07, 6.45) is 0. The van der Waals surface area contributed by atoms with Gasteiger partial charge in [-0.3, -0.25) is 4.79 Å². The highest BCUT2D eigenvalue weighted by molar-refractivity contribution is 7.99. The number of sulfonamides is 1. The number of hydrogen-bond donors (Lipinski definition) is 0. The highest BCUT2D eigenvalue weighted by Crippen LogP contribution is 2.25. The first-order valence-electron chi connectivity index (χ1n) is 10.2. The minimum Gasteiger partial charge on any atom is -0.411 e. The van der Waals surface area contributed by atoms with Crippen molar-refractivity contribution in [1.82, 2.24) is 19.4 Å². The number of carbonyl (C=O) groups is 1. The van der Waals surface area contributed by atoms with Gasteiger partial charge in [-0.1, -0.05) is 47.2 Å². The Morgan fingerprint density at radius 2 is 1.66 bits per heavy atom. The zero-order valence-corrected chi connectivity index (χ0v) is 19.5. The molecule has 1 aliphatic heterocycles. The van der Waals surface area contributed by atoms with Gasteiger partial charge in [0.1, 0.15) is 0 Å². The van der Waals surface area contributed by atoms with E-state index in [0.29, 0.717) is 24.2 Å². The van der Waals surface area contributed by atoms with Crippen LogP contribution >= 0.6 is 11.8 Å². The van der Waals surface area contributed by atoms with Crippen molar-refractivity contribution in [2.45, 2.75) is 24.0 Å². The predicted molar refractivity (Wildman–Crippen MR) is 122 cm³/mol. The fraction of sp³-hybridized carbons (Fsp3) is 0.318. The quantitative estimate of drug-likeness (QED) is 0.509. The second-order valence-electron chi connectivity index (χ2n) is 7.64. The third-order valence-corrected chi connectivity index (χ3v) is 7.88. The lowest BCUT2D eigenvalue weighted by molar-refractivity contribution is -0.129. The van der Waals surface area contributed by atoms with Crippen LogP contribution in [0.15, 0.2) is 63.1 Å². The van der Waals surface area contributed by atoms with Gasteiger partial charge in [0, 0.05) is 31.7 Å². The Kier molecular flexibility index (Phi) is 6.63. The lowest BCUT2D eigenvalue weighted by Crippen LogP contribution is -2.50. The Bertz CT molecular complexity index is 1180. The number of carbonyl (C=O) groups excluding carboxylic acids is 1. The number of benzene rings is 2. The molecular formula is C22H24N4O4S2. The average molecular weight is 473 g/mol. The van der Waals surface area contributed by atoms with Crippen molar-refractivity contribution < 1.29 is 17.6 Å². The third kappa shape index (κ3) is 5.03. The van der Waals surface area contributed by atoms with Crippen LogP contribution in [-0.4, -0.2) is 65.7 Å². The minimum absolute atomic E-state index is 0.0853. The molecule has 1 aromatic heterocycles. The molecule has 0 bridgehead atoms. The number of piperazine rings is 1. The Balaban J connectivity index is 1.31. The van der Waals surface area contributed by atoms with E-state index < -0.39 is 10.0 Å². The van der Waals surface area contributed by atoms with E-state index in [0.717, 1.165) is 16.7 Å². The molecule has 3 aromatic rings. The van der Waals surface area contributed by atoms with Crippen LogP contribution < -0.4 is 0 Å². The van der Waals surface area contributed by atoms with E-state index in [2.05, 4.69) is 16.3 Å². The standard InChI is InChI=1S/C22H24N4O4S2/c1-16-12-17(2)14-18(13-16)21-23-24-22(30-21)31-15-20(27)25-8-10-26(11-9-25)32(28,29)19-6-4-3-5-7-19/h3-7,12-14H,8-11,15H2,1-2H3. The van der Waals surface area contributed by atoms with Gasteiger partial charge in [-0.15, -0.1) is 10.2 Å². The van der Waals surface area contributed by atoms with Crippen LogP contribution in [0.2, 0.25) is 0 Å². The number of nitrogens with zero attached hydrogens (tertiary/aromatic N) is 4. The molecule has 2 aromatic carbocycles. The number of aromatic nitrogens is 2. The molecule has 10 heteroatoms. The van der Waals surface area contributed by atoms with Crippen LogP contribution in [0.5, 0.6) is 0 Å². The van der Waals surface area contributed by atoms with Crippen molar-refractivity contribution in [3.63, 3.8) is 0 Å². The number of rotatable bonds is 6. The second-order valence-corrected chi connectivity index (χ2v) is 10.5. The molecule has 1 amide bonds. The molecule has 32 heavy (non-hydrogen) atoms. The molecule has 0 radical (unpaired) electrons. The van der Waals surface area contributed by atoms with Crippen LogP contribution in [0.3, 0.4) is 0 Å². The van der Waals surface area contributed by atoms with E-state index in [9.17, 15) is 13.2 Å². The van der Waals surface area contributed by atoms with E-state index in [1.807, 2.05) is 26.0 Å². The Morgan fingerprint density at radius 3 is 2.31 bits per heavy atom. The first kappa shape index (κ1) is 22.5. The summed E-state index contributed by atoms with van der Waals surface area (Å²) in [6, 6.07) is 14.4. The van der Waals surface area contributed by atoms with Crippen LogP contribution in [0, 0.1) is 13.8 Å². The van der Waals surface area contributed by atoms with Crippen LogP contribution in [-0.2, 0) is 14.8 Å². The van der Waals surface area contributed by atoms with Crippen molar-refractivity contribution in [2.24, 2.45) is 0 Å². The molecule has 8 nitrogen and oxygen atoms in total. The molecule has 1 aliphatic rings. The zero-order chi connectivity index (χ0) is 22.7. The number of thioether (sulfide) groups is 1. The fourth-order valence-corrected chi connectivity index (χ4v) is 5.73. The summed E-state index contributed by atoms with van der Waals surface area (Å²) >= 11 is 1.19. The maximum Gasteiger partial charge on any atom is 0.277 e. The molecule has 0 aliphatic carbocycles. The summed E-state index contributed by atoms with van der Waals surface area (Å²) in [7, 11) is -3.54. The molecule has 1 saturated heterocycles. The highest BCUT2D eigenvalue weighted by atomic mass is 32.2. The molecule has 0 unspecified atom stereocenters. The summed E-state index contributed by atoms with van der Waals surface area (Å²) in [6.45, 7) is 5.25. The molecular weight excluding hydrogens is 448 g/mol. The minimum atomic E-state index is -3.54. The summed E-state index contributed by atoms with van der Waals surface area (Å²) in [5, 5.41) is 8.46. The first-order valence-corrected chi connectivity index (χ1v) is 12.6. The maximum absolute atomic E-state index is 12.7. The Morgan fingerprint density at radius 1 is 1.00 bits per heavy atom. The molecule has 0 N–H and O–H groups in total. The van der Waals surface area contributed by atoms with E-state index in [1.54, 1.807) is 35.2 Å². The predicted octanol–water partition coefficient (Wildman–Crippen LogP) is 2.98. The van der Waals surface area contributed by atoms with Crippen molar-refractivity contribution in [2.75, 3.05) is 31.9 Å². The number of aryl methyl sites for hydroxylation is 2. The molecule has 0 spiro atoms. The van der Waals surface area contributed by atoms with Crippen molar-refractivity contribution >= 4 is 27.7 Å². The maximum atomic E-state index is 12.7. The molecule has 1 fully saturated rings. The summed E-state index contributed by atoms with van der Waals surface area (Å²) in [4.78, 5) is 14.6. The van der Waals surface area contributed by atoms with Gasteiger partial charge < -0.3 is 9.32 Å². The molecule has 0 saturated carbocycles. The first-order chi connectivity index (χ1) is 15.3. The van der Waals surface area contributed by atoms with Gasteiger partial charge in [0.05, 0.1) is 10.6 Å². The molecule has 0 atom stereocenters. The lowest BCUT2D eigenvalue weighted by Gasteiger charge is -2.33. The summed E-state index contributed by atoms with van der Waals surface area (Å²) < 4.78 is 32.6. The van der Waals surface area contributed by atoms with Crippen molar-refractivity contribution in [3.05, 3.63) is 59.7 Å².